The van der Waals surface area contributed by atoms with Gasteiger partial charge in [0.15, 0.2) is 0 Å². The van der Waals surface area contributed by atoms with E-state index in [-0.39, 0.29) is 0 Å². The summed E-state index contributed by atoms with van der Waals surface area (Å²) in [5.41, 5.74) is 0. The molecular formula is C9H20NOS+. The highest BCUT2D eigenvalue weighted by Gasteiger charge is 2.29. The zero-order valence-electron chi connectivity index (χ0n) is 8.21. The van der Waals surface area contributed by atoms with Crippen LogP contribution >= 0.6 is 11.9 Å². The van der Waals surface area contributed by atoms with Crippen LogP contribution in [0.3, 0.4) is 0 Å². The molecule has 1 aliphatic heterocycles. The van der Waals surface area contributed by atoms with E-state index >= 15 is 0 Å². The molecule has 12 heavy (non-hydrogen) atoms. The number of nitrogens with zero attached hydrogens (tertiary/aromatic N) is 1. The van der Waals surface area contributed by atoms with Gasteiger partial charge >= 0.3 is 0 Å². The standard InChI is InChI=1S/C9H20NOS/c1-3-4-5-10(12-2)6-8-11-9-7-10/h3-9H2,1-2H3/q+1. The summed E-state index contributed by atoms with van der Waals surface area (Å²) in [5, 5.41) is 0. The van der Waals surface area contributed by atoms with Gasteiger partial charge in [0, 0.05) is 6.26 Å². The summed E-state index contributed by atoms with van der Waals surface area (Å²) in [6.45, 7) is 7.87. The maximum Gasteiger partial charge on any atom is 0.113 e. The third-order valence-corrected chi connectivity index (χ3v) is 3.92. The van der Waals surface area contributed by atoms with Gasteiger partial charge in [0.2, 0.25) is 0 Å². The Hall–Kier alpha value is 0.270. The molecule has 0 amide bonds. The highest BCUT2D eigenvalue weighted by atomic mass is 32.2. The van der Waals surface area contributed by atoms with E-state index in [0.29, 0.717) is 0 Å². The van der Waals surface area contributed by atoms with Gasteiger partial charge in [-0.1, -0.05) is 13.3 Å². The summed E-state index contributed by atoms with van der Waals surface area (Å²) in [5.74, 6) is 0. The largest absolute Gasteiger partial charge is 0.370 e. The van der Waals surface area contributed by atoms with Crippen LogP contribution in [0.4, 0.5) is 0 Å². The van der Waals surface area contributed by atoms with E-state index in [1.807, 2.05) is 11.9 Å². The Labute approximate surface area is 80.0 Å². The molecule has 0 bridgehead atoms. The monoisotopic (exact) mass is 190 g/mol. The van der Waals surface area contributed by atoms with Crippen LogP contribution in [0.15, 0.2) is 0 Å². The normalized spacial score (nSPS) is 22.5. The SMILES string of the molecule is CCCC[N+]1(SC)CCOCC1. The van der Waals surface area contributed by atoms with E-state index in [2.05, 4.69) is 13.2 Å². The van der Waals surface area contributed by atoms with Crippen LogP contribution in [0.25, 0.3) is 0 Å². The Morgan fingerprint density at radius 2 is 2.00 bits per heavy atom. The van der Waals surface area contributed by atoms with E-state index in [9.17, 15) is 0 Å². The van der Waals surface area contributed by atoms with Gasteiger partial charge in [-0.15, -0.1) is 0 Å². The van der Waals surface area contributed by atoms with Gasteiger partial charge in [-0.05, 0) is 6.42 Å². The molecule has 2 nitrogen and oxygen atoms in total. The van der Waals surface area contributed by atoms with Crippen molar-refractivity contribution in [3.8, 4) is 0 Å². The minimum atomic E-state index is 0.949. The maximum atomic E-state index is 5.38. The van der Waals surface area contributed by atoms with Crippen molar-refractivity contribution in [3.05, 3.63) is 0 Å². The first-order valence-corrected chi connectivity index (χ1v) is 6.01. The second kappa shape index (κ2) is 5.10. The molecular weight excluding hydrogens is 170 g/mol. The van der Waals surface area contributed by atoms with Gasteiger partial charge in [0.25, 0.3) is 0 Å². The molecule has 0 spiro atoms. The third-order valence-electron chi connectivity index (χ3n) is 2.59. The Morgan fingerprint density at radius 3 is 2.50 bits per heavy atom. The van der Waals surface area contributed by atoms with Crippen molar-refractivity contribution in [2.24, 2.45) is 0 Å². The fourth-order valence-electron chi connectivity index (χ4n) is 1.62. The predicted molar refractivity (Wildman–Crippen MR) is 54.1 cm³/mol. The summed E-state index contributed by atoms with van der Waals surface area (Å²) in [4.78, 5) is 0. The molecule has 0 aromatic rings. The first-order valence-electron chi connectivity index (χ1n) is 4.82. The van der Waals surface area contributed by atoms with Crippen molar-refractivity contribution in [1.82, 2.24) is 0 Å². The number of rotatable bonds is 4. The number of hydrogen-bond donors (Lipinski definition) is 0. The lowest BCUT2D eigenvalue weighted by Gasteiger charge is -2.37. The van der Waals surface area contributed by atoms with E-state index in [0.717, 1.165) is 13.2 Å². The molecule has 1 fully saturated rings. The molecule has 1 rings (SSSR count). The van der Waals surface area contributed by atoms with Crippen molar-refractivity contribution in [2.75, 3.05) is 39.1 Å². The Bertz CT molecular complexity index is 124. The second-order valence-corrected chi connectivity index (χ2v) is 4.52. The summed E-state index contributed by atoms with van der Waals surface area (Å²) < 4.78 is 6.59. The van der Waals surface area contributed by atoms with Crippen molar-refractivity contribution >= 4 is 11.9 Å². The lowest BCUT2D eigenvalue weighted by molar-refractivity contribution is -0.805. The van der Waals surface area contributed by atoms with Gasteiger partial charge in [-0.25, -0.2) is 0 Å². The number of quaternary nitrogens is 1. The smallest absolute Gasteiger partial charge is 0.113 e. The molecule has 0 N–H and O–H groups in total. The molecule has 1 saturated heterocycles. The lowest BCUT2D eigenvalue weighted by Crippen LogP contribution is -2.49. The first-order chi connectivity index (χ1) is 5.83. The van der Waals surface area contributed by atoms with Crippen LogP contribution in [-0.2, 0) is 4.74 Å². The van der Waals surface area contributed by atoms with E-state index in [1.54, 1.807) is 0 Å². The molecule has 0 unspecified atom stereocenters. The maximum absolute atomic E-state index is 5.38. The van der Waals surface area contributed by atoms with Crippen LogP contribution in [0.2, 0.25) is 0 Å². The molecule has 3 heteroatoms. The van der Waals surface area contributed by atoms with Crippen LogP contribution in [0.1, 0.15) is 19.8 Å². The Kier molecular flexibility index (Phi) is 4.40. The zero-order valence-corrected chi connectivity index (χ0v) is 9.03. The van der Waals surface area contributed by atoms with E-state index < -0.39 is 0 Å². The highest BCUT2D eigenvalue weighted by Crippen LogP contribution is 2.23. The van der Waals surface area contributed by atoms with Crippen LogP contribution in [-0.4, -0.2) is 43.0 Å². The number of morpholine rings is 1. The summed E-state index contributed by atoms with van der Waals surface area (Å²) in [7, 11) is 0. The molecule has 0 saturated carbocycles. The fraction of sp³-hybridized carbons (Fsp3) is 1.00. The molecule has 0 radical (unpaired) electrons. The Balaban J connectivity index is 2.37. The highest BCUT2D eigenvalue weighted by molar-refractivity contribution is 7.93. The fourth-order valence-corrected chi connectivity index (χ4v) is 2.45. The topological polar surface area (TPSA) is 9.23 Å². The molecule has 0 aromatic carbocycles. The Morgan fingerprint density at radius 1 is 1.33 bits per heavy atom. The van der Waals surface area contributed by atoms with Crippen molar-refractivity contribution in [2.45, 2.75) is 19.8 Å². The van der Waals surface area contributed by atoms with Crippen molar-refractivity contribution in [1.29, 1.82) is 0 Å². The summed E-state index contributed by atoms with van der Waals surface area (Å²) in [6, 6.07) is 0. The summed E-state index contributed by atoms with van der Waals surface area (Å²) >= 11 is 1.99. The number of hydrogen-bond acceptors (Lipinski definition) is 2. The first kappa shape index (κ1) is 10.4. The molecule has 1 aliphatic rings. The van der Waals surface area contributed by atoms with Crippen molar-refractivity contribution in [3.63, 3.8) is 0 Å². The number of ether oxygens (including phenoxy) is 1. The second-order valence-electron chi connectivity index (χ2n) is 3.38. The van der Waals surface area contributed by atoms with Crippen molar-refractivity contribution < 1.29 is 8.63 Å². The van der Waals surface area contributed by atoms with Gasteiger partial charge in [-0.3, -0.25) is 3.89 Å². The minimum absolute atomic E-state index is 0.949. The van der Waals surface area contributed by atoms with Gasteiger partial charge in [-0.2, -0.15) is 0 Å². The van der Waals surface area contributed by atoms with Crippen LogP contribution < -0.4 is 0 Å². The average molecular weight is 190 g/mol. The number of unbranched alkanes of at least 4 members (excludes halogenated alkanes) is 1. The van der Waals surface area contributed by atoms with Crippen LogP contribution in [0, 0.1) is 0 Å². The third kappa shape index (κ3) is 2.64. The van der Waals surface area contributed by atoms with Gasteiger partial charge < -0.3 is 4.74 Å². The van der Waals surface area contributed by atoms with Gasteiger partial charge in [0.1, 0.15) is 13.1 Å². The van der Waals surface area contributed by atoms with Crippen LogP contribution in [0.5, 0.6) is 0 Å². The molecule has 72 valence electrons. The molecule has 0 aromatic heterocycles. The predicted octanol–water partition coefficient (Wildman–Crippen LogP) is 1.91. The molecule has 0 atom stereocenters. The quantitative estimate of drug-likeness (QED) is 0.495. The molecule has 1 heterocycles. The van der Waals surface area contributed by atoms with Gasteiger partial charge in [0.05, 0.1) is 31.7 Å². The average Bonchev–Trinajstić information content (AvgIpc) is 2.16. The van der Waals surface area contributed by atoms with E-state index in [1.165, 1.54) is 36.4 Å². The van der Waals surface area contributed by atoms with E-state index in [4.69, 9.17) is 4.74 Å². The lowest BCUT2D eigenvalue weighted by atomic mass is 10.3. The molecule has 0 aliphatic carbocycles. The summed E-state index contributed by atoms with van der Waals surface area (Å²) in [6.07, 6.45) is 4.88. The minimum Gasteiger partial charge on any atom is -0.370 e. The zero-order chi connectivity index (χ0) is 8.86.